The van der Waals surface area contributed by atoms with Gasteiger partial charge in [-0.2, -0.15) is 0 Å². The maximum Gasteiger partial charge on any atom is 0.315 e. The molecule has 0 aliphatic heterocycles. The first-order chi connectivity index (χ1) is 11.0. The van der Waals surface area contributed by atoms with Gasteiger partial charge in [0.05, 0.1) is 6.54 Å². The number of halogens is 2. The molecular formula is C17H18ClFN2O2. The molecule has 0 fully saturated rings. The molecule has 0 aliphatic carbocycles. The normalized spacial score (nSPS) is 10.2. The molecule has 6 heteroatoms. The summed E-state index contributed by atoms with van der Waals surface area (Å²) < 4.78 is 18.3. The molecule has 0 radical (unpaired) electrons. The third-order valence-corrected chi connectivity index (χ3v) is 3.58. The van der Waals surface area contributed by atoms with Crippen LogP contribution in [0.3, 0.4) is 0 Å². The van der Waals surface area contributed by atoms with E-state index in [2.05, 4.69) is 10.6 Å². The van der Waals surface area contributed by atoms with E-state index in [9.17, 15) is 9.18 Å². The number of carbonyl (C=O) groups excluding carboxylic acids is 1. The van der Waals surface area contributed by atoms with Crippen molar-refractivity contribution in [2.75, 3.05) is 13.2 Å². The van der Waals surface area contributed by atoms with Gasteiger partial charge in [0.15, 0.2) is 0 Å². The summed E-state index contributed by atoms with van der Waals surface area (Å²) in [5.74, 6) is 0.410. The van der Waals surface area contributed by atoms with E-state index < -0.39 is 0 Å². The third kappa shape index (κ3) is 5.79. The maximum absolute atomic E-state index is 12.8. The van der Waals surface area contributed by atoms with E-state index in [1.807, 2.05) is 13.0 Å². The topological polar surface area (TPSA) is 50.4 Å². The Balaban J connectivity index is 1.64. The van der Waals surface area contributed by atoms with Crippen molar-refractivity contribution in [3.05, 3.63) is 64.4 Å². The Hall–Kier alpha value is -2.27. The van der Waals surface area contributed by atoms with E-state index >= 15 is 0 Å². The number of nitrogens with one attached hydrogen (secondary N) is 2. The van der Waals surface area contributed by atoms with E-state index in [0.717, 1.165) is 11.1 Å². The molecule has 2 aromatic carbocycles. The van der Waals surface area contributed by atoms with Crippen LogP contribution in [0.5, 0.6) is 5.75 Å². The highest BCUT2D eigenvalue weighted by Crippen LogP contribution is 2.20. The first kappa shape index (κ1) is 17.1. The van der Waals surface area contributed by atoms with Crippen molar-refractivity contribution in [3.63, 3.8) is 0 Å². The standard InChI is InChI=1S/C17H18ClFN2O2/c1-12-10-15(6-7-16(12)18)23-9-8-20-17(22)21-11-13-2-4-14(19)5-3-13/h2-7,10H,8-9,11H2,1H3,(H2,20,21,22). The molecular weight excluding hydrogens is 319 g/mol. The summed E-state index contributed by atoms with van der Waals surface area (Å²) in [5, 5.41) is 6.06. The fourth-order valence-corrected chi connectivity index (χ4v) is 2.01. The van der Waals surface area contributed by atoms with E-state index in [1.165, 1.54) is 12.1 Å². The molecule has 23 heavy (non-hydrogen) atoms. The molecule has 2 N–H and O–H groups in total. The van der Waals surface area contributed by atoms with Crippen LogP contribution in [-0.4, -0.2) is 19.2 Å². The maximum atomic E-state index is 12.8. The number of hydrogen-bond acceptors (Lipinski definition) is 2. The Morgan fingerprint density at radius 2 is 1.91 bits per heavy atom. The summed E-state index contributed by atoms with van der Waals surface area (Å²) in [7, 11) is 0. The summed E-state index contributed by atoms with van der Waals surface area (Å²) in [6.45, 7) is 2.96. The molecule has 0 aliphatic rings. The lowest BCUT2D eigenvalue weighted by Gasteiger charge is -2.10. The molecule has 2 amide bonds. The lowest BCUT2D eigenvalue weighted by Crippen LogP contribution is -2.37. The number of rotatable bonds is 6. The van der Waals surface area contributed by atoms with Crippen molar-refractivity contribution >= 4 is 17.6 Å². The lowest BCUT2D eigenvalue weighted by atomic mass is 10.2. The van der Waals surface area contributed by atoms with Gasteiger partial charge in [-0.15, -0.1) is 0 Å². The number of urea groups is 1. The van der Waals surface area contributed by atoms with Crippen LogP contribution in [0.1, 0.15) is 11.1 Å². The van der Waals surface area contributed by atoms with Crippen molar-refractivity contribution in [2.24, 2.45) is 0 Å². The summed E-state index contributed by atoms with van der Waals surface area (Å²) in [6, 6.07) is 11.1. The van der Waals surface area contributed by atoms with Gasteiger partial charge in [-0.1, -0.05) is 23.7 Å². The van der Waals surface area contributed by atoms with Crippen molar-refractivity contribution in [1.82, 2.24) is 10.6 Å². The average Bonchev–Trinajstić information content (AvgIpc) is 2.54. The molecule has 0 bridgehead atoms. The monoisotopic (exact) mass is 336 g/mol. The zero-order valence-corrected chi connectivity index (χ0v) is 13.5. The van der Waals surface area contributed by atoms with E-state index in [0.29, 0.717) is 30.5 Å². The number of carbonyl (C=O) groups is 1. The van der Waals surface area contributed by atoms with Crippen LogP contribution in [0.25, 0.3) is 0 Å². The quantitative estimate of drug-likeness (QED) is 0.791. The number of hydrogen-bond donors (Lipinski definition) is 2. The first-order valence-corrected chi connectivity index (χ1v) is 7.57. The highest BCUT2D eigenvalue weighted by atomic mass is 35.5. The Labute approximate surface area is 139 Å². The van der Waals surface area contributed by atoms with Gasteiger partial charge in [-0.3, -0.25) is 0 Å². The second-order valence-corrected chi connectivity index (χ2v) is 5.40. The van der Waals surface area contributed by atoms with E-state index in [1.54, 1.807) is 24.3 Å². The van der Waals surface area contributed by atoms with Crippen LogP contribution in [0.2, 0.25) is 5.02 Å². The molecule has 0 heterocycles. The van der Waals surface area contributed by atoms with Crippen LogP contribution < -0.4 is 15.4 Å². The zero-order valence-electron chi connectivity index (χ0n) is 12.7. The smallest absolute Gasteiger partial charge is 0.315 e. The molecule has 2 aromatic rings. The van der Waals surface area contributed by atoms with Gasteiger partial charge < -0.3 is 15.4 Å². The van der Waals surface area contributed by atoms with Crippen molar-refractivity contribution in [1.29, 1.82) is 0 Å². The number of aryl methyl sites for hydroxylation is 1. The highest BCUT2D eigenvalue weighted by molar-refractivity contribution is 6.31. The fraction of sp³-hybridized carbons (Fsp3) is 0.235. The second-order valence-electron chi connectivity index (χ2n) is 5.00. The summed E-state index contributed by atoms with van der Waals surface area (Å²) in [5.41, 5.74) is 1.77. The van der Waals surface area contributed by atoms with Gasteiger partial charge in [-0.05, 0) is 48.4 Å². The van der Waals surface area contributed by atoms with Crippen LogP contribution in [-0.2, 0) is 6.54 Å². The second kappa shape index (κ2) is 8.39. The van der Waals surface area contributed by atoms with Crippen molar-refractivity contribution < 1.29 is 13.9 Å². The number of amides is 2. The Bertz CT molecular complexity index is 662. The van der Waals surface area contributed by atoms with Gasteiger partial charge in [0.1, 0.15) is 18.2 Å². The van der Waals surface area contributed by atoms with Gasteiger partial charge in [0.2, 0.25) is 0 Å². The van der Waals surface area contributed by atoms with Crippen LogP contribution in [0.4, 0.5) is 9.18 Å². The fourth-order valence-electron chi connectivity index (χ4n) is 1.89. The average molecular weight is 337 g/mol. The minimum atomic E-state index is -0.301. The van der Waals surface area contributed by atoms with Crippen molar-refractivity contribution in [3.8, 4) is 5.75 Å². The van der Waals surface area contributed by atoms with Gasteiger partial charge in [-0.25, -0.2) is 9.18 Å². The lowest BCUT2D eigenvalue weighted by molar-refractivity contribution is 0.236. The highest BCUT2D eigenvalue weighted by Gasteiger charge is 2.02. The van der Waals surface area contributed by atoms with Gasteiger partial charge in [0, 0.05) is 11.6 Å². The molecule has 0 spiro atoms. The predicted molar refractivity (Wildman–Crippen MR) is 88.3 cm³/mol. The molecule has 0 unspecified atom stereocenters. The van der Waals surface area contributed by atoms with E-state index in [-0.39, 0.29) is 11.8 Å². The Kier molecular flexibility index (Phi) is 6.23. The minimum Gasteiger partial charge on any atom is -0.492 e. The third-order valence-electron chi connectivity index (χ3n) is 3.15. The molecule has 0 saturated heterocycles. The Morgan fingerprint density at radius 3 is 2.61 bits per heavy atom. The number of benzene rings is 2. The molecule has 0 saturated carbocycles. The summed E-state index contributed by atoms with van der Waals surface area (Å²) in [4.78, 5) is 11.6. The summed E-state index contributed by atoms with van der Waals surface area (Å²) in [6.07, 6.45) is 0. The number of ether oxygens (including phenoxy) is 1. The summed E-state index contributed by atoms with van der Waals surface area (Å²) >= 11 is 5.94. The first-order valence-electron chi connectivity index (χ1n) is 7.19. The van der Waals surface area contributed by atoms with Gasteiger partial charge >= 0.3 is 6.03 Å². The molecule has 0 aromatic heterocycles. The zero-order chi connectivity index (χ0) is 16.7. The van der Waals surface area contributed by atoms with Gasteiger partial charge in [0.25, 0.3) is 0 Å². The SMILES string of the molecule is Cc1cc(OCCNC(=O)NCc2ccc(F)cc2)ccc1Cl. The largest absolute Gasteiger partial charge is 0.492 e. The minimum absolute atomic E-state index is 0.298. The molecule has 4 nitrogen and oxygen atoms in total. The molecule has 0 atom stereocenters. The predicted octanol–water partition coefficient (Wildman–Crippen LogP) is 3.67. The molecule has 2 rings (SSSR count). The van der Waals surface area contributed by atoms with Crippen LogP contribution in [0.15, 0.2) is 42.5 Å². The van der Waals surface area contributed by atoms with Crippen LogP contribution in [0, 0.1) is 12.7 Å². The van der Waals surface area contributed by atoms with Crippen molar-refractivity contribution in [2.45, 2.75) is 13.5 Å². The van der Waals surface area contributed by atoms with Crippen LogP contribution >= 0.6 is 11.6 Å². The Morgan fingerprint density at radius 1 is 1.17 bits per heavy atom. The van der Waals surface area contributed by atoms with E-state index in [4.69, 9.17) is 16.3 Å². The molecule has 122 valence electrons.